The van der Waals surface area contributed by atoms with Crippen LogP contribution in [0.3, 0.4) is 0 Å². The molecule has 0 fully saturated rings. The first-order valence-corrected chi connectivity index (χ1v) is 13.0. The van der Waals surface area contributed by atoms with Crippen LogP contribution in [-0.2, 0) is 21.1 Å². The van der Waals surface area contributed by atoms with Crippen LogP contribution in [0, 0.1) is 18.0 Å². The van der Waals surface area contributed by atoms with Gasteiger partial charge in [0, 0.05) is 31.7 Å². The first-order valence-electron chi connectivity index (χ1n) is 11.0. The van der Waals surface area contributed by atoms with E-state index in [9.17, 15) is 18.7 Å². The van der Waals surface area contributed by atoms with Gasteiger partial charge in [-0.2, -0.15) is 0 Å². The summed E-state index contributed by atoms with van der Waals surface area (Å²) in [5.41, 5.74) is 0.0830. The van der Waals surface area contributed by atoms with Crippen LogP contribution in [0.15, 0.2) is 103 Å². The molecule has 0 atom stereocenters. The van der Waals surface area contributed by atoms with Crippen molar-refractivity contribution in [2.75, 3.05) is 0 Å². The van der Waals surface area contributed by atoms with E-state index >= 15 is 0 Å². The Morgan fingerprint density at radius 3 is 1.86 bits per heavy atom. The van der Waals surface area contributed by atoms with E-state index in [1.165, 1.54) is 6.07 Å². The smallest absolute Gasteiger partial charge is 0.354 e. The van der Waals surface area contributed by atoms with E-state index in [0.717, 1.165) is 16.4 Å². The standard InChI is InChI=1S/C28H18F2N3O2Si.Pt/c29-24-18-17-21(27(30)33-24)22-13-7-15-25(31-22)36(19-9-3-1-4-10-19,20-11-5-2-6-12-20)26-16-8-14-23(32-26)28(34)35;/h1-16,18H,(H,34,35);/q-1;. The normalized spacial score (nSPS) is 11.0. The molecule has 0 spiro atoms. The number of carboxylic acids is 1. The average molecular weight is 690 g/mol. The summed E-state index contributed by atoms with van der Waals surface area (Å²) in [7, 11) is -3.29. The van der Waals surface area contributed by atoms with E-state index in [2.05, 4.69) is 16.0 Å². The Morgan fingerprint density at radius 2 is 1.30 bits per heavy atom. The van der Waals surface area contributed by atoms with Crippen molar-refractivity contribution in [3.63, 3.8) is 0 Å². The second-order valence-corrected chi connectivity index (χ2v) is 11.7. The van der Waals surface area contributed by atoms with Crippen LogP contribution in [0.2, 0.25) is 0 Å². The zero-order valence-corrected chi connectivity index (χ0v) is 22.4. The molecular weight excluding hydrogens is 671 g/mol. The SMILES string of the molecule is O=C(O)c1cccc([Si](c2ccccc2)(c2ccccc2)c2cccc(-c3[c-]cc(F)nc3F)n2)n1.[Pt]. The average Bonchev–Trinajstić information content (AvgIpc) is 2.91. The number of hydrogen-bond acceptors (Lipinski definition) is 4. The van der Waals surface area contributed by atoms with Crippen molar-refractivity contribution in [1.82, 2.24) is 15.0 Å². The van der Waals surface area contributed by atoms with Crippen molar-refractivity contribution in [3.8, 4) is 11.3 Å². The molecule has 3 heterocycles. The molecule has 0 radical (unpaired) electrons. The summed E-state index contributed by atoms with van der Waals surface area (Å²) in [5, 5.41) is 12.7. The Balaban J connectivity index is 0.00000320. The number of aromatic carboxylic acids is 1. The van der Waals surface area contributed by atoms with Gasteiger partial charge in [-0.3, -0.25) is 4.98 Å². The molecule has 0 unspecified atom stereocenters. The maximum absolute atomic E-state index is 14.6. The Labute approximate surface area is 227 Å². The molecule has 37 heavy (non-hydrogen) atoms. The van der Waals surface area contributed by atoms with Crippen LogP contribution in [0.25, 0.3) is 11.3 Å². The Morgan fingerprint density at radius 1 is 0.730 bits per heavy atom. The molecule has 0 amide bonds. The molecule has 0 bridgehead atoms. The summed E-state index contributed by atoms with van der Waals surface area (Å²) in [6, 6.07) is 32.9. The summed E-state index contributed by atoms with van der Waals surface area (Å²) in [4.78, 5) is 24.6. The van der Waals surface area contributed by atoms with Crippen LogP contribution in [0.4, 0.5) is 8.78 Å². The number of hydrogen-bond donors (Lipinski definition) is 1. The summed E-state index contributed by atoms with van der Waals surface area (Å²) < 4.78 is 28.0. The minimum absolute atomic E-state index is 0. The van der Waals surface area contributed by atoms with Crippen LogP contribution < -0.4 is 21.0 Å². The Hall–Kier alpha value is -3.87. The van der Waals surface area contributed by atoms with Gasteiger partial charge in [0.15, 0.2) is 0 Å². The van der Waals surface area contributed by atoms with Crippen molar-refractivity contribution in [2.45, 2.75) is 0 Å². The molecule has 0 aliphatic heterocycles. The van der Waals surface area contributed by atoms with Crippen molar-refractivity contribution in [3.05, 3.63) is 127 Å². The summed E-state index contributed by atoms with van der Waals surface area (Å²) in [5.74, 6) is -3.13. The van der Waals surface area contributed by atoms with Gasteiger partial charge in [0.2, 0.25) is 8.07 Å². The zero-order chi connectivity index (χ0) is 25.1. The molecule has 5 nitrogen and oxygen atoms in total. The van der Waals surface area contributed by atoms with Crippen molar-refractivity contribution >= 4 is 35.1 Å². The van der Waals surface area contributed by atoms with Crippen molar-refractivity contribution in [1.29, 1.82) is 0 Å². The monoisotopic (exact) mass is 689 g/mol. The third kappa shape index (κ3) is 4.90. The minimum atomic E-state index is -3.29. The Kier molecular flexibility index (Phi) is 7.81. The second-order valence-electron chi connectivity index (χ2n) is 7.99. The van der Waals surface area contributed by atoms with Crippen LogP contribution in [0.1, 0.15) is 10.5 Å². The predicted molar refractivity (Wildman–Crippen MR) is 135 cm³/mol. The summed E-state index contributed by atoms with van der Waals surface area (Å²) >= 11 is 0. The maximum Gasteiger partial charge on any atom is 0.354 e. The minimum Gasteiger partial charge on any atom is -0.477 e. The van der Waals surface area contributed by atoms with Gasteiger partial charge in [-0.25, -0.2) is 18.6 Å². The third-order valence-corrected chi connectivity index (χ3v) is 10.4. The fourth-order valence-corrected chi connectivity index (χ4v) is 8.80. The molecule has 1 N–H and O–H groups in total. The molecule has 0 saturated carbocycles. The molecule has 5 rings (SSSR count). The van der Waals surface area contributed by atoms with E-state index in [1.54, 1.807) is 24.3 Å². The van der Waals surface area contributed by atoms with E-state index in [1.807, 2.05) is 66.7 Å². The fraction of sp³-hybridized carbons (Fsp3) is 0. The molecule has 5 aromatic rings. The van der Waals surface area contributed by atoms with Gasteiger partial charge in [-0.1, -0.05) is 90.5 Å². The maximum atomic E-state index is 14.6. The molecule has 0 aliphatic rings. The van der Waals surface area contributed by atoms with Gasteiger partial charge in [0.25, 0.3) is 0 Å². The van der Waals surface area contributed by atoms with E-state index < -0.39 is 25.9 Å². The molecule has 3 aromatic heterocycles. The molecule has 9 heteroatoms. The zero-order valence-electron chi connectivity index (χ0n) is 19.1. The first kappa shape index (κ1) is 26.2. The predicted octanol–water partition coefficient (Wildman–Crippen LogP) is 2.69. The summed E-state index contributed by atoms with van der Waals surface area (Å²) in [6.45, 7) is 0. The number of nitrogens with zero attached hydrogens (tertiary/aromatic N) is 3. The quantitative estimate of drug-likeness (QED) is 0.169. The number of halogens is 2. The Bertz CT molecular complexity index is 1520. The van der Waals surface area contributed by atoms with Gasteiger partial charge in [-0.05, 0) is 34.3 Å². The fourth-order valence-electron chi connectivity index (χ4n) is 4.36. The molecule has 2 aromatic carbocycles. The van der Waals surface area contributed by atoms with Crippen molar-refractivity contribution < 1.29 is 39.7 Å². The van der Waals surface area contributed by atoms with Crippen LogP contribution in [0.5, 0.6) is 0 Å². The van der Waals surface area contributed by atoms with Crippen molar-refractivity contribution in [2.24, 2.45) is 0 Å². The van der Waals surface area contributed by atoms with E-state index in [-0.39, 0.29) is 38.0 Å². The number of pyridine rings is 3. The first-order chi connectivity index (χ1) is 17.5. The molecular formula is C28H18F2N3O2PtSi-. The molecule has 0 aliphatic carbocycles. The molecule has 0 saturated heterocycles. The van der Waals surface area contributed by atoms with Gasteiger partial charge in [0.1, 0.15) is 17.6 Å². The van der Waals surface area contributed by atoms with E-state index in [0.29, 0.717) is 10.6 Å². The second kappa shape index (κ2) is 11.0. The number of benzene rings is 2. The number of carbonyl (C=O) groups is 1. The number of aromatic nitrogens is 3. The van der Waals surface area contributed by atoms with Gasteiger partial charge < -0.3 is 10.1 Å². The van der Waals surface area contributed by atoms with Crippen LogP contribution in [-0.4, -0.2) is 34.1 Å². The number of carboxylic acid groups (broad SMARTS) is 1. The number of rotatable bonds is 6. The van der Waals surface area contributed by atoms with Gasteiger partial charge >= 0.3 is 5.97 Å². The van der Waals surface area contributed by atoms with Crippen LogP contribution >= 0.6 is 0 Å². The van der Waals surface area contributed by atoms with E-state index in [4.69, 9.17) is 4.98 Å². The van der Waals surface area contributed by atoms with Gasteiger partial charge in [-0.15, -0.1) is 6.07 Å². The largest absolute Gasteiger partial charge is 0.477 e. The summed E-state index contributed by atoms with van der Waals surface area (Å²) in [6.07, 6.45) is 0. The molecule has 186 valence electrons. The topological polar surface area (TPSA) is 76.0 Å². The van der Waals surface area contributed by atoms with Gasteiger partial charge in [0.05, 0.1) is 0 Å². The third-order valence-electron chi connectivity index (χ3n) is 5.90.